The Morgan fingerprint density at radius 1 is 1.62 bits per heavy atom. The van der Waals surface area contributed by atoms with Crippen molar-refractivity contribution in [3.05, 3.63) is 28.7 Å². The van der Waals surface area contributed by atoms with Crippen LogP contribution in [-0.4, -0.2) is 18.7 Å². The molecule has 1 N–H and O–H groups in total. The lowest BCUT2D eigenvalue weighted by Gasteiger charge is -2.00. The molecule has 0 aromatic heterocycles. The normalized spacial score (nSPS) is 9.69. The van der Waals surface area contributed by atoms with Crippen molar-refractivity contribution in [2.75, 3.05) is 12.8 Å². The van der Waals surface area contributed by atoms with Crippen molar-refractivity contribution in [1.29, 1.82) is 0 Å². The van der Waals surface area contributed by atoms with Crippen molar-refractivity contribution in [3.63, 3.8) is 0 Å². The first-order chi connectivity index (χ1) is 6.22. The molecule has 0 saturated carbocycles. The second-order valence-corrected chi connectivity index (χ2v) is 4.38. The molecule has 0 fully saturated rings. The number of amides is 1. The average molecular weight is 260 g/mol. The molecule has 0 radical (unpaired) electrons. The number of carbonyl (C=O) groups excluding carboxylic acids is 1. The quantitative estimate of drug-likeness (QED) is 0.845. The summed E-state index contributed by atoms with van der Waals surface area (Å²) < 4.78 is 1.04. The molecule has 70 valence electrons. The lowest BCUT2D eigenvalue weighted by molar-refractivity contribution is -0.118. The molecule has 0 aliphatic carbocycles. The Bertz CT molecular complexity index is 303. The van der Waals surface area contributed by atoms with E-state index >= 15 is 0 Å². The molecule has 0 aliphatic heterocycles. The van der Waals surface area contributed by atoms with Crippen molar-refractivity contribution >= 4 is 33.6 Å². The highest BCUT2D eigenvalue weighted by Gasteiger charge is 1.99. The van der Waals surface area contributed by atoms with E-state index in [4.69, 9.17) is 0 Å². The lowest BCUT2D eigenvalue weighted by Crippen LogP contribution is -2.19. The molecular formula is C9H10BrNOS. The number of hydrogen-bond donors (Lipinski definition) is 1. The van der Waals surface area contributed by atoms with Crippen LogP contribution in [0.3, 0.4) is 0 Å². The summed E-state index contributed by atoms with van der Waals surface area (Å²) in [5.74, 6) is 0.512. The van der Waals surface area contributed by atoms with Gasteiger partial charge < -0.3 is 5.32 Å². The fraction of sp³-hybridized carbons (Fsp3) is 0.222. The molecule has 1 amide bonds. The maximum atomic E-state index is 10.9. The summed E-state index contributed by atoms with van der Waals surface area (Å²) in [5, 5.41) is 2.58. The average Bonchev–Trinajstić information content (AvgIpc) is 2.14. The number of thioether (sulfide) groups is 1. The van der Waals surface area contributed by atoms with Crippen LogP contribution in [-0.2, 0) is 4.79 Å². The molecule has 0 unspecified atom stereocenters. The van der Waals surface area contributed by atoms with E-state index < -0.39 is 0 Å². The van der Waals surface area contributed by atoms with Gasteiger partial charge in [0.25, 0.3) is 0 Å². The van der Waals surface area contributed by atoms with E-state index in [9.17, 15) is 4.79 Å². The van der Waals surface area contributed by atoms with E-state index in [0.717, 1.165) is 9.37 Å². The third-order valence-corrected chi connectivity index (χ3v) is 2.93. The Morgan fingerprint density at radius 2 is 2.38 bits per heavy atom. The number of benzene rings is 1. The Morgan fingerprint density at radius 3 is 3.00 bits per heavy atom. The molecule has 1 aromatic carbocycles. The van der Waals surface area contributed by atoms with E-state index in [1.165, 1.54) is 11.8 Å². The van der Waals surface area contributed by atoms with Gasteiger partial charge >= 0.3 is 0 Å². The first kappa shape index (κ1) is 10.6. The topological polar surface area (TPSA) is 29.1 Å². The maximum absolute atomic E-state index is 10.9. The first-order valence-corrected chi connectivity index (χ1v) is 5.59. The fourth-order valence-corrected chi connectivity index (χ4v) is 2.16. The monoisotopic (exact) mass is 259 g/mol. The zero-order valence-electron chi connectivity index (χ0n) is 7.21. The van der Waals surface area contributed by atoms with E-state index in [1.54, 1.807) is 7.05 Å². The minimum Gasteiger partial charge on any atom is -0.358 e. The number of rotatable bonds is 3. The summed E-state index contributed by atoms with van der Waals surface area (Å²) >= 11 is 4.90. The Labute approximate surface area is 90.2 Å². The Kier molecular flexibility index (Phi) is 4.32. The molecule has 0 saturated heterocycles. The molecule has 2 nitrogen and oxygen atoms in total. The van der Waals surface area contributed by atoms with Crippen molar-refractivity contribution in [2.45, 2.75) is 4.90 Å². The van der Waals surface area contributed by atoms with Crippen LogP contribution in [0.2, 0.25) is 0 Å². The molecule has 13 heavy (non-hydrogen) atoms. The van der Waals surface area contributed by atoms with E-state index in [-0.39, 0.29) is 5.91 Å². The highest BCUT2D eigenvalue weighted by atomic mass is 79.9. The first-order valence-electron chi connectivity index (χ1n) is 3.81. The smallest absolute Gasteiger partial charge is 0.230 e. The van der Waals surface area contributed by atoms with Crippen LogP contribution in [0.25, 0.3) is 0 Å². The standard InChI is InChI=1S/C9H10BrNOS/c1-11-9(12)6-13-8-4-2-3-7(10)5-8/h2-5H,6H2,1H3,(H,11,12). The molecule has 4 heteroatoms. The third kappa shape index (κ3) is 3.83. The third-order valence-electron chi connectivity index (χ3n) is 1.44. The van der Waals surface area contributed by atoms with Gasteiger partial charge in [-0.15, -0.1) is 11.8 Å². The zero-order chi connectivity index (χ0) is 9.68. The molecule has 0 aliphatic rings. The van der Waals surface area contributed by atoms with Crippen LogP contribution < -0.4 is 5.32 Å². The van der Waals surface area contributed by atoms with E-state index in [0.29, 0.717) is 5.75 Å². The number of nitrogens with one attached hydrogen (secondary N) is 1. The van der Waals surface area contributed by atoms with Gasteiger partial charge in [0, 0.05) is 16.4 Å². The van der Waals surface area contributed by atoms with Gasteiger partial charge in [-0.25, -0.2) is 0 Å². The van der Waals surface area contributed by atoms with Crippen LogP contribution >= 0.6 is 27.7 Å². The zero-order valence-corrected chi connectivity index (χ0v) is 9.61. The summed E-state index contributed by atoms with van der Waals surface area (Å²) in [6.07, 6.45) is 0. The van der Waals surface area contributed by atoms with E-state index in [1.807, 2.05) is 24.3 Å². The highest BCUT2D eigenvalue weighted by Crippen LogP contribution is 2.21. The largest absolute Gasteiger partial charge is 0.358 e. The van der Waals surface area contributed by atoms with Crippen LogP contribution in [0.1, 0.15) is 0 Å². The fourth-order valence-electron chi connectivity index (χ4n) is 0.778. The van der Waals surface area contributed by atoms with Crippen molar-refractivity contribution in [1.82, 2.24) is 5.32 Å². The predicted molar refractivity (Wildman–Crippen MR) is 58.9 cm³/mol. The van der Waals surface area contributed by atoms with Gasteiger partial charge in [-0.05, 0) is 18.2 Å². The Balaban J connectivity index is 2.50. The van der Waals surface area contributed by atoms with E-state index in [2.05, 4.69) is 21.2 Å². The molecular weight excluding hydrogens is 250 g/mol. The van der Waals surface area contributed by atoms with Crippen molar-refractivity contribution in [2.24, 2.45) is 0 Å². The van der Waals surface area contributed by atoms with Crippen LogP contribution in [0, 0.1) is 0 Å². The van der Waals surface area contributed by atoms with Crippen LogP contribution in [0.15, 0.2) is 33.6 Å². The number of hydrogen-bond acceptors (Lipinski definition) is 2. The molecule has 1 rings (SSSR count). The minimum atomic E-state index is 0.0463. The van der Waals surface area contributed by atoms with Gasteiger partial charge in [0.2, 0.25) is 5.91 Å². The van der Waals surface area contributed by atoms with Gasteiger partial charge in [0.15, 0.2) is 0 Å². The summed E-state index contributed by atoms with van der Waals surface area (Å²) in [6.45, 7) is 0. The van der Waals surface area contributed by atoms with Crippen molar-refractivity contribution in [3.8, 4) is 0 Å². The van der Waals surface area contributed by atoms with Crippen LogP contribution in [0.4, 0.5) is 0 Å². The summed E-state index contributed by atoms with van der Waals surface area (Å²) in [5.41, 5.74) is 0. The number of carbonyl (C=O) groups is 1. The SMILES string of the molecule is CNC(=O)CSc1cccc(Br)c1. The molecule has 0 spiro atoms. The minimum absolute atomic E-state index is 0.0463. The summed E-state index contributed by atoms with van der Waals surface area (Å²) in [4.78, 5) is 12.0. The molecule has 0 heterocycles. The number of halogens is 1. The van der Waals surface area contributed by atoms with Crippen molar-refractivity contribution < 1.29 is 4.79 Å². The second kappa shape index (κ2) is 5.29. The summed E-state index contributed by atoms with van der Waals surface area (Å²) in [6, 6.07) is 7.90. The van der Waals surface area contributed by atoms with Gasteiger partial charge in [-0.2, -0.15) is 0 Å². The molecule has 0 bridgehead atoms. The Hall–Kier alpha value is -0.480. The molecule has 1 aromatic rings. The van der Waals surface area contributed by atoms with Crippen LogP contribution in [0.5, 0.6) is 0 Å². The van der Waals surface area contributed by atoms with Gasteiger partial charge in [-0.1, -0.05) is 22.0 Å². The van der Waals surface area contributed by atoms with Gasteiger partial charge in [0.1, 0.15) is 0 Å². The van der Waals surface area contributed by atoms with Gasteiger partial charge in [-0.3, -0.25) is 4.79 Å². The van der Waals surface area contributed by atoms with Gasteiger partial charge in [0.05, 0.1) is 5.75 Å². The molecule has 0 atom stereocenters. The second-order valence-electron chi connectivity index (χ2n) is 2.42. The highest BCUT2D eigenvalue weighted by molar-refractivity contribution is 9.10. The maximum Gasteiger partial charge on any atom is 0.230 e. The summed E-state index contributed by atoms with van der Waals surface area (Å²) in [7, 11) is 1.64. The predicted octanol–water partition coefficient (Wildman–Crippen LogP) is 2.29. The lowest BCUT2D eigenvalue weighted by atomic mass is 10.4.